The second kappa shape index (κ2) is 3.24. The zero-order chi connectivity index (χ0) is 10.3. The molecule has 2 aliphatic heterocycles. The number of carboxylic acid groups (broad SMARTS) is 1. The molecule has 2 saturated heterocycles. The quantitative estimate of drug-likeness (QED) is 0.637. The predicted molar refractivity (Wildman–Crippen MR) is 44.5 cm³/mol. The van der Waals surface area contributed by atoms with Crippen LogP contribution in [0, 0.1) is 11.8 Å². The van der Waals surface area contributed by atoms with Gasteiger partial charge >= 0.3 is 11.9 Å². The Hall–Kier alpha value is -1.10. The van der Waals surface area contributed by atoms with Gasteiger partial charge in [0.25, 0.3) is 0 Å². The number of hydrogen-bond acceptors (Lipinski definition) is 4. The molecule has 2 rings (SSSR count). The Balaban J connectivity index is 2.21. The maximum Gasteiger partial charge on any atom is 0.312 e. The molecule has 0 radical (unpaired) electrons. The Bertz CT molecular complexity index is 274. The molecule has 2 fully saturated rings. The average Bonchev–Trinajstić information content (AvgIpc) is 2.74. The van der Waals surface area contributed by atoms with Gasteiger partial charge in [0.05, 0.1) is 31.2 Å². The number of fused-ring (bicyclic) bond motifs is 2. The van der Waals surface area contributed by atoms with Crippen molar-refractivity contribution in [3.63, 3.8) is 0 Å². The van der Waals surface area contributed by atoms with E-state index in [0.717, 1.165) is 12.8 Å². The molecule has 5 heteroatoms. The predicted octanol–water partition coefficient (Wildman–Crippen LogP) is 0.0376. The van der Waals surface area contributed by atoms with Gasteiger partial charge in [-0.3, -0.25) is 9.59 Å². The van der Waals surface area contributed by atoms with Crippen LogP contribution in [0.25, 0.3) is 0 Å². The van der Waals surface area contributed by atoms with E-state index in [9.17, 15) is 9.59 Å². The van der Waals surface area contributed by atoms with Crippen molar-refractivity contribution in [2.24, 2.45) is 11.8 Å². The Morgan fingerprint density at radius 2 is 1.86 bits per heavy atom. The molecule has 0 aliphatic carbocycles. The van der Waals surface area contributed by atoms with Crippen LogP contribution in [-0.4, -0.2) is 36.4 Å². The highest BCUT2D eigenvalue weighted by atomic mass is 16.5. The SMILES string of the molecule is COC(=O)[C@@H]1[C@H](C(=O)O)[C@H]2CC[C@H]1O2. The first-order valence-electron chi connectivity index (χ1n) is 4.61. The van der Waals surface area contributed by atoms with Crippen molar-refractivity contribution in [3.05, 3.63) is 0 Å². The molecular formula is C9H12O5. The lowest BCUT2D eigenvalue weighted by Crippen LogP contribution is -2.38. The van der Waals surface area contributed by atoms with Crippen molar-refractivity contribution in [3.8, 4) is 0 Å². The number of carbonyl (C=O) groups is 2. The number of rotatable bonds is 2. The summed E-state index contributed by atoms with van der Waals surface area (Å²) in [6.45, 7) is 0. The van der Waals surface area contributed by atoms with Gasteiger partial charge in [-0.15, -0.1) is 0 Å². The minimum Gasteiger partial charge on any atom is -0.481 e. The van der Waals surface area contributed by atoms with Crippen LogP contribution in [0.2, 0.25) is 0 Å². The molecular weight excluding hydrogens is 188 g/mol. The lowest BCUT2D eigenvalue weighted by atomic mass is 9.79. The van der Waals surface area contributed by atoms with E-state index in [1.54, 1.807) is 0 Å². The highest BCUT2D eigenvalue weighted by molar-refractivity contribution is 5.83. The Morgan fingerprint density at radius 3 is 2.36 bits per heavy atom. The standard InChI is InChI=1S/C9H12O5/c1-13-9(12)7-5-3-2-4(14-5)6(7)8(10)11/h4-7H,2-3H2,1H3,(H,10,11)/t4-,5-,6-,7+/m1/s1. The fourth-order valence-electron chi connectivity index (χ4n) is 2.43. The molecule has 78 valence electrons. The van der Waals surface area contributed by atoms with Crippen LogP contribution in [-0.2, 0) is 19.1 Å². The van der Waals surface area contributed by atoms with Crippen LogP contribution in [0.1, 0.15) is 12.8 Å². The molecule has 0 aromatic carbocycles. The monoisotopic (exact) mass is 200 g/mol. The first-order chi connectivity index (χ1) is 6.65. The Kier molecular flexibility index (Phi) is 2.19. The van der Waals surface area contributed by atoms with Gasteiger partial charge < -0.3 is 14.6 Å². The summed E-state index contributed by atoms with van der Waals surface area (Å²) in [4.78, 5) is 22.3. The van der Waals surface area contributed by atoms with Gasteiger partial charge in [0.2, 0.25) is 0 Å². The summed E-state index contributed by atoms with van der Waals surface area (Å²) in [7, 11) is 1.27. The molecule has 2 bridgehead atoms. The summed E-state index contributed by atoms with van der Waals surface area (Å²) >= 11 is 0. The molecule has 2 aliphatic rings. The van der Waals surface area contributed by atoms with Gasteiger partial charge in [0, 0.05) is 0 Å². The van der Waals surface area contributed by atoms with Crippen LogP contribution in [0.15, 0.2) is 0 Å². The maximum atomic E-state index is 11.4. The van der Waals surface area contributed by atoms with E-state index in [2.05, 4.69) is 4.74 Å². The van der Waals surface area contributed by atoms with E-state index in [-0.39, 0.29) is 12.2 Å². The van der Waals surface area contributed by atoms with Crippen molar-refractivity contribution in [1.29, 1.82) is 0 Å². The number of ether oxygens (including phenoxy) is 2. The van der Waals surface area contributed by atoms with Crippen molar-refractivity contribution in [2.75, 3.05) is 7.11 Å². The molecule has 4 atom stereocenters. The Morgan fingerprint density at radius 1 is 1.29 bits per heavy atom. The zero-order valence-electron chi connectivity index (χ0n) is 7.80. The van der Waals surface area contributed by atoms with E-state index >= 15 is 0 Å². The molecule has 1 N–H and O–H groups in total. The topological polar surface area (TPSA) is 72.8 Å². The zero-order valence-corrected chi connectivity index (χ0v) is 7.80. The number of aliphatic carboxylic acids is 1. The number of carboxylic acids is 1. The van der Waals surface area contributed by atoms with Crippen molar-refractivity contribution in [1.82, 2.24) is 0 Å². The summed E-state index contributed by atoms with van der Waals surface area (Å²) in [5.74, 6) is -2.77. The maximum absolute atomic E-state index is 11.4. The van der Waals surface area contributed by atoms with Crippen molar-refractivity contribution >= 4 is 11.9 Å². The normalized spacial score (nSPS) is 39.8. The van der Waals surface area contributed by atoms with E-state index in [4.69, 9.17) is 9.84 Å². The van der Waals surface area contributed by atoms with E-state index in [1.807, 2.05) is 0 Å². The molecule has 0 aromatic rings. The molecule has 14 heavy (non-hydrogen) atoms. The number of hydrogen-bond donors (Lipinski definition) is 1. The van der Waals surface area contributed by atoms with Gasteiger partial charge in [-0.25, -0.2) is 0 Å². The molecule has 5 nitrogen and oxygen atoms in total. The minimum absolute atomic E-state index is 0.256. The van der Waals surface area contributed by atoms with E-state index < -0.39 is 23.8 Å². The van der Waals surface area contributed by atoms with Crippen LogP contribution in [0.5, 0.6) is 0 Å². The lowest BCUT2D eigenvalue weighted by Gasteiger charge is -2.22. The summed E-state index contributed by atoms with van der Waals surface area (Å²) < 4.78 is 9.98. The third kappa shape index (κ3) is 1.19. The molecule has 0 aromatic heterocycles. The molecule has 0 amide bonds. The number of methoxy groups -OCH3 is 1. The van der Waals surface area contributed by atoms with Crippen molar-refractivity contribution in [2.45, 2.75) is 25.0 Å². The number of carbonyl (C=O) groups excluding carboxylic acids is 1. The number of esters is 1. The second-order valence-electron chi connectivity index (χ2n) is 3.70. The third-order valence-corrected chi connectivity index (χ3v) is 3.03. The molecule has 0 spiro atoms. The summed E-state index contributed by atoms with van der Waals surface area (Å²) in [6, 6.07) is 0. The first kappa shape index (κ1) is 9.45. The van der Waals surface area contributed by atoms with Crippen LogP contribution in [0.3, 0.4) is 0 Å². The van der Waals surface area contributed by atoms with Crippen LogP contribution < -0.4 is 0 Å². The van der Waals surface area contributed by atoms with Gasteiger partial charge in [-0.05, 0) is 12.8 Å². The van der Waals surface area contributed by atoms with E-state index in [1.165, 1.54) is 7.11 Å². The summed E-state index contributed by atoms with van der Waals surface area (Å²) in [6.07, 6.45) is 0.929. The van der Waals surface area contributed by atoms with Gasteiger partial charge in [0.1, 0.15) is 0 Å². The third-order valence-electron chi connectivity index (χ3n) is 3.03. The second-order valence-corrected chi connectivity index (χ2v) is 3.70. The highest BCUT2D eigenvalue weighted by Crippen LogP contribution is 2.43. The van der Waals surface area contributed by atoms with Crippen LogP contribution in [0.4, 0.5) is 0 Å². The minimum atomic E-state index is -0.965. The lowest BCUT2D eigenvalue weighted by molar-refractivity contribution is -0.156. The largest absolute Gasteiger partial charge is 0.481 e. The fourth-order valence-corrected chi connectivity index (χ4v) is 2.43. The smallest absolute Gasteiger partial charge is 0.312 e. The van der Waals surface area contributed by atoms with Gasteiger partial charge in [0.15, 0.2) is 0 Å². The molecule has 0 saturated carbocycles. The fraction of sp³-hybridized carbons (Fsp3) is 0.778. The average molecular weight is 200 g/mol. The molecule has 2 heterocycles. The Labute approximate surface area is 81.0 Å². The highest BCUT2D eigenvalue weighted by Gasteiger charge is 2.56. The van der Waals surface area contributed by atoms with Gasteiger partial charge in [-0.2, -0.15) is 0 Å². The first-order valence-corrected chi connectivity index (χ1v) is 4.61. The summed E-state index contributed by atoms with van der Waals surface area (Å²) in [5.41, 5.74) is 0. The van der Waals surface area contributed by atoms with Gasteiger partial charge in [-0.1, -0.05) is 0 Å². The van der Waals surface area contributed by atoms with E-state index in [0.29, 0.717) is 0 Å². The summed E-state index contributed by atoms with van der Waals surface area (Å²) in [5, 5.41) is 8.96. The van der Waals surface area contributed by atoms with Crippen molar-refractivity contribution < 1.29 is 24.2 Å². The molecule has 0 unspecified atom stereocenters. The van der Waals surface area contributed by atoms with Crippen LogP contribution >= 0.6 is 0 Å².